The van der Waals surface area contributed by atoms with Crippen LogP contribution in [0.15, 0.2) is 60.8 Å². The van der Waals surface area contributed by atoms with E-state index in [0.717, 1.165) is 44.5 Å². The van der Waals surface area contributed by atoms with Crippen LogP contribution in [0.2, 0.25) is 0 Å². The Labute approximate surface area is 241 Å². The van der Waals surface area contributed by atoms with Gasteiger partial charge in [0.25, 0.3) is 5.91 Å². The van der Waals surface area contributed by atoms with E-state index >= 15 is 0 Å². The summed E-state index contributed by atoms with van der Waals surface area (Å²) in [4.78, 5) is 19.9. The number of piperidine rings is 1. The van der Waals surface area contributed by atoms with Crippen LogP contribution >= 0.6 is 0 Å². The second kappa shape index (κ2) is 14.2. The number of ether oxygens (including phenoxy) is 1. The zero-order chi connectivity index (χ0) is 27.1. The van der Waals surface area contributed by atoms with Crippen LogP contribution in [0, 0.1) is 24.8 Å². The molecule has 1 aromatic heterocycles. The number of nitrogens with zero attached hydrogens (tertiary/aromatic N) is 2. The van der Waals surface area contributed by atoms with Gasteiger partial charge in [0.05, 0.1) is 17.8 Å². The van der Waals surface area contributed by atoms with Gasteiger partial charge in [-0.15, -0.1) is 17.7 Å². The topological polar surface area (TPSA) is 121 Å². The molecular weight excluding hydrogens is 669 g/mol. The molecule has 1 aliphatic carbocycles. The molecule has 2 aromatic carbocycles. The van der Waals surface area contributed by atoms with Crippen LogP contribution in [0.4, 0.5) is 5.69 Å². The second-order valence-electron chi connectivity index (χ2n) is 9.78. The number of carbonyl (C=O) groups excluding carboxylic acids is 1. The molecule has 8 nitrogen and oxygen atoms in total. The maximum atomic E-state index is 13.2. The summed E-state index contributed by atoms with van der Waals surface area (Å²) in [6.07, 6.45) is 6.09. The number of anilines is 1. The van der Waals surface area contributed by atoms with Crippen molar-refractivity contribution in [2.24, 2.45) is 5.92 Å². The normalized spacial score (nSPS) is 16.2. The van der Waals surface area contributed by atoms with Gasteiger partial charge in [-0.1, -0.05) is 6.07 Å². The first-order valence-electron chi connectivity index (χ1n) is 12.7. The second-order valence-corrected chi connectivity index (χ2v) is 9.78. The average molecular weight is 704 g/mol. The van der Waals surface area contributed by atoms with Gasteiger partial charge in [0.2, 0.25) is 0 Å². The molecule has 3 aromatic rings. The summed E-state index contributed by atoms with van der Waals surface area (Å²) in [6.45, 7) is 2.06. The molecule has 0 spiro atoms. The fourth-order valence-corrected chi connectivity index (χ4v) is 4.64. The summed E-state index contributed by atoms with van der Waals surface area (Å²) in [7, 11) is 2.12. The third-order valence-electron chi connectivity index (χ3n) is 7.00. The SMILES string of the molecule is CN1CCC(Oc2[c-]cc(C(=N)c3cc(C(=O)NC(c4ccccn4)C4CC4)ccc3N)cc2)CC1.[CH3-].[O]=[Os]. The van der Waals surface area contributed by atoms with Gasteiger partial charge in [0, 0.05) is 47.6 Å². The molecule has 1 saturated carbocycles. The number of likely N-dealkylation sites (tertiary alicyclic amines) is 1. The quantitative estimate of drug-likeness (QED) is 0.180. The van der Waals surface area contributed by atoms with Crippen molar-refractivity contribution in [1.82, 2.24) is 15.2 Å². The van der Waals surface area contributed by atoms with E-state index in [4.69, 9.17) is 19.4 Å². The van der Waals surface area contributed by atoms with E-state index in [0.29, 0.717) is 52.6 Å². The van der Waals surface area contributed by atoms with Gasteiger partial charge in [-0.2, -0.15) is 12.1 Å². The predicted molar refractivity (Wildman–Crippen MR) is 147 cm³/mol. The molecule has 4 N–H and O–H groups in total. The monoisotopic (exact) mass is 705 g/mol. The minimum atomic E-state index is -0.194. The molecule has 1 atom stereocenters. The van der Waals surface area contributed by atoms with Gasteiger partial charge in [0.1, 0.15) is 0 Å². The number of aromatic nitrogens is 1. The minimum absolute atomic E-state index is 0. The van der Waals surface area contributed by atoms with Gasteiger partial charge in [0.15, 0.2) is 0 Å². The number of amides is 1. The zero-order valence-electron chi connectivity index (χ0n) is 22.3. The Kier molecular flexibility index (Phi) is 11.0. The summed E-state index contributed by atoms with van der Waals surface area (Å²) >= 11 is 0.611. The van der Waals surface area contributed by atoms with Gasteiger partial charge >= 0.3 is 22.1 Å². The first-order chi connectivity index (χ1) is 18.5. The van der Waals surface area contributed by atoms with Crippen LogP contribution in [0.5, 0.6) is 5.75 Å². The Morgan fingerprint density at radius 3 is 2.46 bits per heavy atom. The van der Waals surface area contributed by atoms with E-state index in [1.807, 2.05) is 30.3 Å². The first kappa shape index (κ1) is 30.3. The Morgan fingerprint density at radius 1 is 1.13 bits per heavy atom. The molecule has 2 heterocycles. The number of carbonyl (C=O) groups is 1. The molecule has 9 heteroatoms. The third kappa shape index (κ3) is 7.87. The number of nitrogens with two attached hydrogens (primary N) is 1. The predicted octanol–water partition coefficient (Wildman–Crippen LogP) is 4.56. The number of nitrogens with one attached hydrogen (secondary N) is 2. The summed E-state index contributed by atoms with van der Waals surface area (Å²) in [5, 5.41) is 11.9. The molecule has 1 amide bonds. The van der Waals surface area contributed by atoms with Gasteiger partial charge in [-0.3, -0.25) is 9.78 Å². The Hall–Kier alpha value is -3.27. The van der Waals surface area contributed by atoms with E-state index in [1.165, 1.54) is 0 Å². The summed E-state index contributed by atoms with van der Waals surface area (Å²) in [5.74, 6) is 0.893. The van der Waals surface area contributed by atoms with Crippen molar-refractivity contribution in [2.75, 3.05) is 25.9 Å². The number of hydrogen-bond donors (Lipinski definition) is 3. The van der Waals surface area contributed by atoms with E-state index in [1.54, 1.807) is 30.5 Å². The molecule has 5 rings (SSSR count). The van der Waals surface area contributed by atoms with Crippen molar-refractivity contribution in [1.29, 1.82) is 5.41 Å². The fraction of sp³-hybridized carbons (Fsp3) is 0.333. The average Bonchev–Trinajstić information content (AvgIpc) is 3.80. The standard InChI is InChI=1S/C29H32N5O2.CH3.O.Os/c1-34-16-13-23(14-17-34)36-22-10-7-19(8-11-22)27(31)24-18-21(9-12-25(24)30)29(35)33-28(20-5-6-20)26-4-2-3-15-32-26;;;/h2-4,7-10,12,15,18,20,23,28,31H,5-6,13-14,16-17,30H2,1H3,(H,33,35);1H3;;/q2*-1;;. The zero-order valence-corrected chi connectivity index (χ0v) is 24.8. The molecule has 2 fully saturated rings. The van der Waals surface area contributed by atoms with E-state index in [-0.39, 0.29) is 31.2 Å². The van der Waals surface area contributed by atoms with Gasteiger partial charge < -0.3 is 33.5 Å². The summed E-state index contributed by atoms with van der Waals surface area (Å²) in [6, 6.07) is 19.3. The van der Waals surface area contributed by atoms with Crippen LogP contribution in [0.25, 0.3) is 0 Å². The van der Waals surface area contributed by atoms with Crippen LogP contribution in [0.1, 0.15) is 58.9 Å². The molecule has 1 aliphatic heterocycles. The van der Waals surface area contributed by atoms with E-state index < -0.39 is 0 Å². The number of benzene rings is 2. The summed E-state index contributed by atoms with van der Waals surface area (Å²) < 4.78 is 14.4. The fourth-order valence-electron chi connectivity index (χ4n) is 4.64. The number of nitrogen functional groups attached to an aromatic ring is 1. The Morgan fingerprint density at radius 2 is 1.85 bits per heavy atom. The molecule has 0 bridgehead atoms. The van der Waals surface area contributed by atoms with Crippen LogP contribution in [-0.4, -0.2) is 47.7 Å². The van der Waals surface area contributed by atoms with Crippen molar-refractivity contribution < 1.29 is 31.6 Å². The molecule has 0 radical (unpaired) electrons. The van der Waals surface area contributed by atoms with Crippen molar-refractivity contribution in [2.45, 2.75) is 37.8 Å². The number of pyridine rings is 1. The van der Waals surface area contributed by atoms with Crippen molar-refractivity contribution in [3.63, 3.8) is 0 Å². The first-order valence-corrected chi connectivity index (χ1v) is 13.7. The van der Waals surface area contributed by atoms with Crippen molar-refractivity contribution >= 4 is 17.3 Å². The van der Waals surface area contributed by atoms with Crippen LogP contribution in [0.3, 0.4) is 0 Å². The van der Waals surface area contributed by atoms with E-state index in [2.05, 4.69) is 28.3 Å². The molecule has 1 unspecified atom stereocenters. The number of rotatable bonds is 8. The Balaban J connectivity index is 0.00000137. The van der Waals surface area contributed by atoms with E-state index in [9.17, 15) is 4.79 Å². The third-order valence-corrected chi connectivity index (χ3v) is 7.00. The van der Waals surface area contributed by atoms with Gasteiger partial charge in [-0.05, 0) is 69.0 Å². The molecule has 2 aliphatic rings. The Bertz CT molecular complexity index is 1240. The molecular formula is C30H35N5O3Os-2. The van der Waals surface area contributed by atoms with Crippen LogP contribution < -0.4 is 15.8 Å². The summed E-state index contributed by atoms with van der Waals surface area (Å²) in [5.41, 5.74) is 9.44. The molecule has 1 saturated heterocycles. The van der Waals surface area contributed by atoms with Crippen LogP contribution in [-0.2, 0) is 22.1 Å². The van der Waals surface area contributed by atoms with Crippen molar-refractivity contribution in [3.05, 3.63) is 96.7 Å². The number of hydrogen-bond acceptors (Lipinski definition) is 7. The molecule has 39 heavy (non-hydrogen) atoms. The maximum absolute atomic E-state index is 13.2. The molecule has 208 valence electrons. The van der Waals surface area contributed by atoms with Gasteiger partial charge in [-0.25, -0.2) is 0 Å². The van der Waals surface area contributed by atoms with Crippen molar-refractivity contribution in [3.8, 4) is 5.75 Å².